The van der Waals surface area contributed by atoms with Crippen molar-refractivity contribution in [1.29, 1.82) is 0 Å². The van der Waals surface area contributed by atoms with Gasteiger partial charge in [0.05, 0.1) is 5.92 Å². The van der Waals surface area contributed by atoms with E-state index in [0.29, 0.717) is 6.42 Å². The van der Waals surface area contributed by atoms with E-state index in [9.17, 15) is 4.79 Å². The largest absolute Gasteiger partial charge is 0.481 e. The fourth-order valence-corrected chi connectivity index (χ4v) is 0.855. The molecule has 3 heteroatoms. The van der Waals surface area contributed by atoms with E-state index in [0.717, 1.165) is 0 Å². The Morgan fingerprint density at radius 2 is 2.11 bits per heavy atom. The lowest BCUT2D eigenvalue weighted by molar-refractivity contribution is -0.141. The standard InChI is InChI=1S/C6H11ClO2/c1-4(6(8)9)3-5(2)7/h4-5H,3H2,1-2H3,(H,8,9). The van der Waals surface area contributed by atoms with Crippen molar-refractivity contribution in [3.8, 4) is 0 Å². The van der Waals surface area contributed by atoms with Crippen LogP contribution in [-0.4, -0.2) is 16.5 Å². The van der Waals surface area contributed by atoms with E-state index in [4.69, 9.17) is 16.7 Å². The van der Waals surface area contributed by atoms with Crippen molar-refractivity contribution in [3.63, 3.8) is 0 Å². The van der Waals surface area contributed by atoms with E-state index in [1.165, 1.54) is 0 Å². The van der Waals surface area contributed by atoms with Gasteiger partial charge in [-0.15, -0.1) is 11.6 Å². The summed E-state index contributed by atoms with van der Waals surface area (Å²) in [6, 6.07) is 0. The molecule has 0 saturated heterocycles. The summed E-state index contributed by atoms with van der Waals surface area (Å²) in [4.78, 5) is 10.2. The van der Waals surface area contributed by atoms with Crippen LogP contribution in [0.5, 0.6) is 0 Å². The quantitative estimate of drug-likeness (QED) is 0.623. The van der Waals surface area contributed by atoms with Gasteiger partial charge in [0, 0.05) is 5.38 Å². The summed E-state index contributed by atoms with van der Waals surface area (Å²) in [7, 11) is 0. The van der Waals surface area contributed by atoms with Crippen LogP contribution in [0.1, 0.15) is 20.3 Å². The molecule has 0 radical (unpaired) electrons. The molecule has 0 saturated carbocycles. The van der Waals surface area contributed by atoms with Gasteiger partial charge < -0.3 is 5.11 Å². The Morgan fingerprint density at radius 3 is 2.22 bits per heavy atom. The molecule has 0 aliphatic rings. The number of hydrogen-bond acceptors (Lipinski definition) is 1. The van der Waals surface area contributed by atoms with Crippen LogP contribution < -0.4 is 0 Å². The molecule has 0 aromatic heterocycles. The van der Waals surface area contributed by atoms with Crippen LogP contribution in [0.4, 0.5) is 0 Å². The van der Waals surface area contributed by atoms with Gasteiger partial charge >= 0.3 is 5.97 Å². The number of halogens is 1. The number of carbonyl (C=O) groups is 1. The molecule has 0 aromatic carbocycles. The van der Waals surface area contributed by atoms with Crippen molar-refractivity contribution in [2.75, 3.05) is 0 Å². The van der Waals surface area contributed by atoms with Gasteiger partial charge in [-0.3, -0.25) is 4.79 Å². The molecule has 0 aromatic rings. The third-order valence-electron chi connectivity index (χ3n) is 1.10. The van der Waals surface area contributed by atoms with Crippen molar-refractivity contribution in [2.45, 2.75) is 25.6 Å². The summed E-state index contributed by atoms with van der Waals surface area (Å²) >= 11 is 5.55. The molecule has 1 N–H and O–H groups in total. The molecule has 0 amide bonds. The van der Waals surface area contributed by atoms with Crippen LogP contribution in [-0.2, 0) is 4.79 Å². The molecule has 2 nitrogen and oxygen atoms in total. The van der Waals surface area contributed by atoms with Gasteiger partial charge in [-0.2, -0.15) is 0 Å². The Hall–Kier alpha value is -0.240. The van der Waals surface area contributed by atoms with Crippen LogP contribution in [0.15, 0.2) is 0 Å². The third-order valence-corrected chi connectivity index (χ3v) is 1.28. The topological polar surface area (TPSA) is 37.3 Å². The van der Waals surface area contributed by atoms with E-state index < -0.39 is 5.97 Å². The summed E-state index contributed by atoms with van der Waals surface area (Å²) in [6.07, 6.45) is 0.539. The minimum atomic E-state index is -0.775. The fraction of sp³-hybridized carbons (Fsp3) is 0.833. The minimum absolute atomic E-state index is 0.0453. The smallest absolute Gasteiger partial charge is 0.306 e. The highest BCUT2D eigenvalue weighted by Gasteiger charge is 2.12. The first-order valence-electron chi connectivity index (χ1n) is 2.91. The highest BCUT2D eigenvalue weighted by molar-refractivity contribution is 6.20. The van der Waals surface area contributed by atoms with Crippen LogP contribution in [0, 0.1) is 5.92 Å². The molecule has 9 heavy (non-hydrogen) atoms. The normalized spacial score (nSPS) is 16.8. The SMILES string of the molecule is CC(Cl)CC(C)C(=O)O. The van der Waals surface area contributed by atoms with Crippen molar-refractivity contribution in [2.24, 2.45) is 5.92 Å². The Balaban J connectivity index is 3.50. The first-order chi connectivity index (χ1) is 4.04. The monoisotopic (exact) mass is 150 g/mol. The van der Waals surface area contributed by atoms with Crippen molar-refractivity contribution in [3.05, 3.63) is 0 Å². The Morgan fingerprint density at radius 1 is 1.67 bits per heavy atom. The highest BCUT2D eigenvalue weighted by Crippen LogP contribution is 2.09. The van der Waals surface area contributed by atoms with Crippen LogP contribution in [0.3, 0.4) is 0 Å². The van der Waals surface area contributed by atoms with Gasteiger partial charge in [-0.05, 0) is 13.3 Å². The molecule has 0 bridgehead atoms. The molecular weight excluding hydrogens is 140 g/mol. The number of hydrogen-bond donors (Lipinski definition) is 1. The second kappa shape index (κ2) is 3.72. The average molecular weight is 151 g/mol. The number of carboxylic acids is 1. The number of alkyl halides is 1. The lowest BCUT2D eigenvalue weighted by Gasteiger charge is -2.05. The first-order valence-corrected chi connectivity index (χ1v) is 3.34. The molecule has 2 atom stereocenters. The van der Waals surface area contributed by atoms with Crippen LogP contribution in [0.2, 0.25) is 0 Å². The second-order valence-corrected chi connectivity index (χ2v) is 3.00. The number of aliphatic carboxylic acids is 1. The average Bonchev–Trinajstić information content (AvgIpc) is 1.63. The highest BCUT2D eigenvalue weighted by atomic mass is 35.5. The maximum Gasteiger partial charge on any atom is 0.306 e. The summed E-state index contributed by atoms with van der Waals surface area (Å²) in [5.74, 6) is -1.10. The molecule has 0 rings (SSSR count). The van der Waals surface area contributed by atoms with E-state index in [2.05, 4.69) is 0 Å². The van der Waals surface area contributed by atoms with Crippen LogP contribution in [0.25, 0.3) is 0 Å². The molecule has 0 spiro atoms. The molecule has 2 unspecified atom stereocenters. The van der Waals surface area contributed by atoms with Crippen molar-refractivity contribution >= 4 is 17.6 Å². The molecule has 0 aliphatic carbocycles. The molecule has 0 heterocycles. The number of rotatable bonds is 3. The maximum absolute atomic E-state index is 10.2. The Labute approximate surface area is 59.8 Å². The van der Waals surface area contributed by atoms with Gasteiger partial charge in [0.25, 0.3) is 0 Å². The number of carboxylic acid groups (broad SMARTS) is 1. The van der Waals surface area contributed by atoms with Crippen LogP contribution >= 0.6 is 11.6 Å². The zero-order valence-electron chi connectivity index (χ0n) is 5.60. The third kappa shape index (κ3) is 4.28. The minimum Gasteiger partial charge on any atom is -0.481 e. The molecule has 54 valence electrons. The summed E-state index contributed by atoms with van der Waals surface area (Å²) in [5, 5.41) is 8.33. The maximum atomic E-state index is 10.2. The lowest BCUT2D eigenvalue weighted by Crippen LogP contribution is -2.12. The van der Waals surface area contributed by atoms with E-state index in [-0.39, 0.29) is 11.3 Å². The predicted octanol–water partition coefficient (Wildman–Crippen LogP) is 1.72. The van der Waals surface area contributed by atoms with Crippen molar-refractivity contribution in [1.82, 2.24) is 0 Å². The first kappa shape index (κ1) is 8.76. The second-order valence-electron chi connectivity index (χ2n) is 2.26. The predicted molar refractivity (Wildman–Crippen MR) is 36.7 cm³/mol. The zero-order chi connectivity index (χ0) is 7.44. The summed E-state index contributed by atoms with van der Waals surface area (Å²) < 4.78 is 0. The Bertz CT molecular complexity index is 101. The lowest BCUT2D eigenvalue weighted by atomic mass is 10.1. The van der Waals surface area contributed by atoms with E-state index in [1.54, 1.807) is 13.8 Å². The van der Waals surface area contributed by atoms with Gasteiger partial charge in [0.15, 0.2) is 0 Å². The molecular formula is C6H11ClO2. The Kier molecular flexibility index (Phi) is 3.62. The summed E-state index contributed by atoms with van der Waals surface area (Å²) in [6.45, 7) is 3.45. The van der Waals surface area contributed by atoms with Crippen molar-refractivity contribution < 1.29 is 9.90 Å². The van der Waals surface area contributed by atoms with Gasteiger partial charge in [0.2, 0.25) is 0 Å². The van der Waals surface area contributed by atoms with Gasteiger partial charge in [-0.1, -0.05) is 6.92 Å². The van der Waals surface area contributed by atoms with Gasteiger partial charge in [-0.25, -0.2) is 0 Å². The van der Waals surface area contributed by atoms with E-state index in [1.807, 2.05) is 0 Å². The zero-order valence-corrected chi connectivity index (χ0v) is 6.35. The van der Waals surface area contributed by atoms with Gasteiger partial charge in [0.1, 0.15) is 0 Å². The van der Waals surface area contributed by atoms with E-state index >= 15 is 0 Å². The molecule has 0 aliphatic heterocycles. The fourth-order valence-electron chi connectivity index (χ4n) is 0.588. The summed E-state index contributed by atoms with van der Waals surface area (Å²) in [5.41, 5.74) is 0. The molecule has 0 fully saturated rings.